The summed E-state index contributed by atoms with van der Waals surface area (Å²) in [6.07, 6.45) is 3.20. The maximum atomic E-state index is 13.5. The zero-order valence-electron chi connectivity index (χ0n) is 18.3. The van der Waals surface area contributed by atoms with Crippen LogP contribution in [0.4, 0.5) is 21.8 Å². The molecule has 0 spiro atoms. The smallest absolute Gasteiger partial charge is 0.240 e. The van der Waals surface area contributed by atoms with E-state index in [9.17, 15) is 12.8 Å². The van der Waals surface area contributed by atoms with Gasteiger partial charge in [0.25, 0.3) is 0 Å². The quantitative estimate of drug-likeness (QED) is 0.400. The molecule has 8 nitrogen and oxygen atoms in total. The Balaban J connectivity index is 1.35. The number of benzene rings is 2. The highest BCUT2D eigenvalue weighted by Gasteiger charge is 2.21. The average Bonchev–Trinajstić information content (AvgIpc) is 2.81. The molecule has 4 N–H and O–H groups in total. The van der Waals surface area contributed by atoms with Crippen LogP contribution in [0.5, 0.6) is 0 Å². The van der Waals surface area contributed by atoms with E-state index in [2.05, 4.69) is 30.6 Å². The summed E-state index contributed by atoms with van der Waals surface area (Å²) >= 11 is 0. The predicted octanol–water partition coefficient (Wildman–Crippen LogP) is 3.31. The molecule has 3 aromatic rings. The molecule has 2 aromatic carbocycles. The summed E-state index contributed by atoms with van der Waals surface area (Å²) in [5, 5.41) is 9.50. The Morgan fingerprint density at radius 1 is 1.09 bits per heavy atom. The molecule has 1 fully saturated rings. The minimum absolute atomic E-state index is 0.0329. The Bertz CT molecular complexity index is 1200. The second-order valence-electron chi connectivity index (χ2n) is 8.00. The van der Waals surface area contributed by atoms with Crippen LogP contribution in [0.1, 0.15) is 24.0 Å². The van der Waals surface area contributed by atoms with Crippen LogP contribution >= 0.6 is 0 Å². The van der Waals surface area contributed by atoms with Crippen molar-refractivity contribution in [1.29, 1.82) is 0 Å². The van der Waals surface area contributed by atoms with E-state index in [0.29, 0.717) is 23.9 Å². The number of nitrogens with zero attached hydrogens (tertiary/aromatic N) is 2. The van der Waals surface area contributed by atoms with Gasteiger partial charge in [-0.15, -0.1) is 0 Å². The summed E-state index contributed by atoms with van der Waals surface area (Å²) in [4.78, 5) is 8.89. The van der Waals surface area contributed by atoms with Crippen LogP contribution in [0, 0.1) is 12.7 Å². The van der Waals surface area contributed by atoms with Gasteiger partial charge in [-0.3, -0.25) is 0 Å². The van der Waals surface area contributed by atoms with Crippen LogP contribution < -0.4 is 20.7 Å². The number of aromatic nitrogens is 2. The minimum atomic E-state index is -3.54. The van der Waals surface area contributed by atoms with Crippen molar-refractivity contribution in [3.63, 3.8) is 0 Å². The molecule has 4 rings (SSSR count). The molecular weight excluding hydrogens is 443 g/mol. The maximum Gasteiger partial charge on any atom is 0.240 e. The van der Waals surface area contributed by atoms with E-state index < -0.39 is 10.0 Å². The predicted molar refractivity (Wildman–Crippen MR) is 126 cm³/mol. The molecule has 0 radical (unpaired) electrons. The molecule has 1 saturated heterocycles. The summed E-state index contributed by atoms with van der Waals surface area (Å²) in [6, 6.07) is 13.2. The number of hydrogen-bond donors (Lipinski definition) is 4. The molecule has 1 aliphatic heterocycles. The van der Waals surface area contributed by atoms with Crippen molar-refractivity contribution >= 4 is 27.5 Å². The van der Waals surface area contributed by atoms with E-state index in [1.165, 1.54) is 6.07 Å². The molecule has 0 amide bonds. The number of piperidine rings is 1. The molecule has 0 atom stereocenters. The molecule has 0 saturated carbocycles. The molecule has 174 valence electrons. The minimum Gasteiger partial charge on any atom is -0.350 e. The van der Waals surface area contributed by atoms with Gasteiger partial charge in [0.2, 0.25) is 16.0 Å². The fraction of sp³-hybridized carbons (Fsp3) is 0.304. The summed E-state index contributed by atoms with van der Waals surface area (Å²) in [6.45, 7) is 3.77. The van der Waals surface area contributed by atoms with Crippen molar-refractivity contribution in [1.82, 2.24) is 20.0 Å². The molecule has 1 aliphatic rings. The van der Waals surface area contributed by atoms with Gasteiger partial charge in [-0.05, 0) is 80.4 Å². The summed E-state index contributed by atoms with van der Waals surface area (Å²) in [5.41, 5.74) is 2.17. The Morgan fingerprint density at radius 2 is 1.85 bits per heavy atom. The zero-order valence-corrected chi connectivity index (χ0v) is 19.1. The van der Waals surface area contributed by atoms with Crippen LogP contribution in [-0.4, -0.2) is 37.5 Å². The molecule has 2 heterocycles. The van der Waals surface area contributed by atoms with Gasteiger partial charge in [-0.2, -0.15) is 4.98 Å². The van der Waals surface area contributed by atoms with Gasteiger partial charge in [-0.25, -0.2) is 22.5 Å². The van der Waals surface area contributed by atoms with E-state index in [1.807, 2.05) is 0 Å². The average molecular weight is 471 g/mol. The van der Waals surface area contributed by atoms with Gasteiger partial charge in [0.15, 0.2) is 0 Å². The Morgan fingerprint density at radius 3 is 2.58 bits per heavy atom. The van der Waals surface area contributed by atoms with Crippen molar-refractivity contribution in [3.8, 4) is 0 Å². The lowest BCUT2D eigenvalue weighted by Crippen LogP contribution is -2.42. The van der Waals surface area contributed by atoms with Crippen LogP contribution in [0.3, 0.4) is 0 Å². The van der Waals surface area contributed by atoms with Crippen molar-refractivity contribution in [3.05, 3.63) is 71.7 Å². The van der Waals surface area contributed by atoms with Crippen LogP contribution in [0.2, 0.25) is 0 Å². The number of anilines is 3. The van der Waals surface area contributed by atoms with Gasteiger partial charge in [-0.1, -0.05) is 12.1 Å². The number of nitrogens with one attached hydrogen (secondary N) is 4. The summed E-state index contributed by atoms with van der Waals surface area (Å²) < 4.78 is 41.5. The van der Waals surface area contributed by atoms with E-state index in [0.717, 1.165) is 37.2 Å². The van der Waals surface area contributed by atoms with E-state index in [4.69, 9.17) is 0 Å². The van der Waals surface area contributed by atoms with Gasteiger partial charge in [0.1, 0.15) is 11.6 Å². The first kappa shape index (κ1) is 23.1. The number of sulfonamides is 1. The molecule has 0 bridgehead atoms. The zero-order chi connectivity index (χ0) is 23.3. The Hall–Kier alpha value is -3.08. The van der Waals surface area contributed by atoms with Crippen LogP contribution in [0.15, 0.2) is 59.6 Å². The standard InChI is InChI=1S/C23H27FN6O2S/c1-16-14-19(4-7-21(16)24)28-22-10-13-26-23(29-22)27-15-17-2-5-20(6-3-17)33(31,32)30-18-8-11-25-12-9-18/h2-7,10,13-14,18,25,30H,8-9,11-12,15H2,1H3,(H2,26,27,28,29). The van der Waals surface area contributed by atoms with Crippen LogP contribution in [-0.2, 0) is 16.6 Å². The third kappa shape index (κ3) is 6.25. The number of hydrogen-bond acceptors (Lipinski definition) is 7. The first-order chi connectivity index (χ1) is 15.9. The Labute approximate surface area is 193 Å². The Kier molecular flexibility index (Phi) is 7.17. The highest BCUT2D eigenvalue weighted by molar-refractivity contribution is 7.89. The van der Waals surface area contributed by atoms with Gasteiger partial charge in [0, 0.05) is 24.5 Å². The van der Waals surface area contributed by atoms with Crippen LogP contribution in [0.25, 0.3) is 0 Å². The fourth-order valence-electron chi connectivity index (χ4n) is 3.58. The number of aryl methyl sites for hydroxylation is 1. The van der Waals surface area contributed by atoms with Gasteiger partial charge < -0.3 is 16.0 Å². The number of rotatable bonds is 8. The van der Waals surface area contributed by atoms with Crippen molar-refractivity contribution in [2.24, 2.45) is 0 Å². The van der Waals surface area contributed by atoms with Crippen molar-refractivity contribution in [2.45, 2.75) is 37.2 Å². The maximum absolute atomic E-state index is 13.5. The summed E-state index contributed by atoms with van der Waals surface area (Å²) in [7, 11) is -3.54. The monoisotopic (exact) mass is 470 g/mol. The first-order valence-corrected chi connectivity index (χ1v) is 12.3. The van der Waals surface area contributed by atoms with Gasteiger partial charge >= 0.3 is 0 Å². The van der Waals surface area contributed by atoms with Gasteiger partial charge in [0.05, 0.1) is 4.90 Å². The van der Waals surface area contributed by atoms with E-state index >= 15 is 0 Å². The second-order valence-corrected chi connectivity index (χ2v) is 9.71. The normalized spacial score (nSPS) is 14.7. The highest BCUT2D eigenvalue weighted by Crippen LogP contribution is 2.19. The summed E-state index contributed by atoms with van der Waals surface area (Å²) in [5.74, 6) is 0.735. The lowest BCUT2D eigenvalue weighted by Gasteiger charge is -2.23. The van der Waals surface area contributed by atoms with E-state index in [-0.39, 0.29) is 16.8 Å². The molecular formula is C23H27FN6O2S. The number of halogens is 1. The molecule has 0 unspecified atom stereocenters. The van der Waals surface area contributed by atoms with Crippen molar-refractivity contribution < 1.29 is 12.8 Å². The molecule has 33 heavy (non-hydrogen) atoms. The molecule has 1 aromatic heterocycles. The highest BCUT2D eigenvalue weighted by atomic mass is 32.2. The third-order valence-electron chi connectivity index (χ3n) is 5.43. The fourth-order valence-corrected chi connectivity index (χ4v) is 4.88. The lowest BCUT2D eigenvalue weighted by atomic mass is 10.1. The second kappa shape index (κ2) is 10.2. The molecule has 10 heteroatoms. The first-order valence-electron chi connectivity index (χ1n) is 10.8. The third-order valence-corrected chi connectivity index (χ3v) is 6.97. The van der Waals surface area contributed by atoms with E-state index in [1.54, 1.807) is 55.6 Å². The SMILES string of the molecule is Cc1cc(Nc2ccnc(NCc3ccc(S(=O)(=O)NC4CCNCC4)cc3)n2)ccc1F. The lowest BCUT2D eigenvalue weighted by molar-refractivity contribution is 0.427. The molecule has 0 aliphatic carbocycles. The largest absolute Gasteiger partial charge is 0.350 e. The topological polar surface area (TPSA) is 108 Å². The van der Waals surface area contributed by atoms with Crippen molar-refractivity contribution in [2.75, 3.05) is 23.7 Å².